The summed E-state index contributed by atoms with van der Waals surface area (Å²) >= 11 is 0. The van der Waals surface area contributed by atoms with Crippen molar-refractivity contribution in [3.8, 4) is 0 Å². The molecule has 4 rings (SSSR count). The van der Waals surface area contributed by atoms with Gasteiger partial charge in [-0.05, 0) is 65.0 Å². The molecule has 1 aromatic carbocycles. The number of hydrogen-bond donors (Lipinski definition) is 1. The van der Waals surface area contributed by atoms with Crippen LogP contribution in [0.2, 0.25) is 0 Å². The lowest BCUT2D eigenvalue weighted by Crippen LogP contribution is -2.50. The fraction of sp³-hybridized carbons (Fsp3) is 0.417. The average molecular weight is 451 g/mol. The van der Waals surface area contributed by atoms with Gasteiger partial charge in [0.2, 0.25) is 0 Å². The van der Waals surface area contributed by atoms with E-state index in [1.165, 1.54) is 0 Å². The highest BCUT2D eigenvalue weighted by Crippen LogP contribution is 2.21. The fourth-order valence-electron chi connectivity index (χ4n) is 3.86. The molecule has 1 fully saturated rings. The molecule has 9 heteroatoms. The van der Waals surface area contributed by atoms with Crippen molar-refractivity contribution < 1.29 is 14.3 Å². The summed E-state index contributed by atoms with van der Waals surface area (Å²) in [5.74, 6) is -0.249. The van der Waals surface area contributed by atoms with E-state index in [2.05, 4.69) is 20.3 Å². The summed E-state index contributed by atoms with van der Waals surface area (Å²) in [5, 5.41) is 7.21. The predicted molar refractivity (Wildman–Crippen MR) is 127 cm³/mol. The third-order valence-corrected chi connectivity index (χ3v) is 5.44. The van der Waals surface area contributed by atoms with E-state index in [0.717, 1.165) is 30.2 Å². The van der Waals surface area contributed by atoms with E-state index in [4.69, 9.17) is 4.74 Å². The molecule has 9 nitrogen and oxygen atoms in total. The Balaban J connectivity index is 1.38. The zero-order chi connectivity index (χ0) is 23.8. The summed E-state index contributed by atoms with van der Waals surface area (Å²) in [6.07, 6.45) is 1.27. The Morgan fingerprint density at radius 3 is 2.33 bits per heavy atom. The van der Waals surface area contributed by atoms with E-state index in [9.17, 15) is 9.59 Å². The molecule has 3 heterocycles. The Bertz CT molecular complexity index is 1170. The van der Waals surface area contributed by atoms with E-state index in [0.29, 0.717) is 30.0 Å². The summed E-state index contributed by atoms with van der Waals surface area (Å²) in [6, 6.07) is 9.63. The van der Waals surface area contributed by atoms with Crippen LogP contribution in [0, 0.1) is 13.8 Å². The number of piperazine rings is 1. The SMILES string of the molecule is Cc1cc(C)n2ncc(C(=O)Nc3ccc(N4CCN(C(=O)OC(C)(C)C)CC4)cc3)c2n1. The second kappa shape index (κ2) is 8.73. The number of carbonyl (C=O) groups is 2. The first-order valence-electron chi connectivity index (χ1n) is 11.1. The van der Waals surface area contributed by atoms with Crippen LogP contribution in [0.5, 0.6) is 0 Å². The Labute approximate surface area is 193 Å². The maximum atomic E-state index is 12.8. The second-order valence-corrected chi connectivity index (χ2v) is 9.29. The molecule has 0 spiro atoms. The summed E-state index contributed by atoms with van der Waals surface area (Å²) in [4.78, 5) is 33.5. The van der Waals surface area contributed by atoms with Crippen molar-refractivity contribution in [1.29, 1.82) is 0 Å². The molecule has 0 radical (unpaired) electrons. The number of aryl methyl sites for hydroxylation is 2. The number of nitrogens with one attached hydrogen (secondary N) is 1. The molecule has 1 saturated heterocycles. The number of fused-ring (bicyclic) bond motifs is 1. The van der Waals surface area contributed by atoms with E-state index in [1.807, 2.05) is 65.0 Å². The lowest BCUT2D eigenvalue weighted by Gasteiger charge is -2.36. The van der Waals surface area contributed by atoms with Crippen LogP contribution in [-0.4, -0.2) is 63.3 Å². The summed E-state index contributed by atoms with van der Waals surface area (Å²) in [5.41, 5.74) is 3.98. The molecule has 1 N–H and O–H groups in total. The number of ether oxygens (including phenoxy) is 1. The fourth-order valence-corrected chi connectivity index (χ4v) is 3.86. The van der Waals surface area contributed by atoms with Gasteiger partial charge in [-0.1, -0.05) is 0 Å². The van der Waals surface area contributed by atoms with Crippen molar-refractivity contribution in [2.45, 2.75) is 40.2 Å². The van der Waals surface area contributed by atoms with Crippen LogP contribution in [0.3, 0.4) is 0 Å². The molecule has 0 unspecified atom stereocenters. The zero-order valence-corrected chi connectivity index (χ0v) is 19.8. The largest absolute Gasteiger partial charge is 0.444 e. The molecule has 174 valence electrons. The molecule has 33 heavy (non-hydrogen) atoms. The molecule has 0 bridgehead atoms. The van der Waals surface area contributed by atoms with Gasteiger partial charge in [0, 0.05) is 48.9 Å². The van der Waals surface area contributed by atoms with Gasteiger partial charge < -0.3 is 19.9 Å². The number of rotatable bonds is 3. The molecule has 0 atom stereocenters. The molecular weight excluding hydrogens is 420 g/mol. The molecule has 0 aliphatic carbocycles. The van der Waals surface area contributed by atoms with Gasteiger partial charge in [0.25, 0.3) is 5.91 Å². The van der Waals surface area contributed by atoms with E-state index >= 15 is 0 Å². The Kier molecular flexibility index (Phi) is 5.97. The van der Waals surface area contributed by atoms with Gasteiger partial charge in [0.15, 0.2) is 5.65 Å². The third-order valence-electron chi connectivity index (χ3n) is 5.44. The van der Waals surface area contributed by atoms with Gasteiger partial charge in [-0.15, -0.1) is 0 Å². The highest BCUT2D eigenvalue weighted by Gasteiger charge is 2.26. The number of anilines is 2. The smallest absolute Gasteiger partial charge is 0.410 e. The number of aromatic nitrogens is 3. The van der Waals surface area contributed by atoms with Crippen molar-refractivity contribution in [2.75, 3.05) is 36.4 Å². The Morgan fingerprint density at radius 2 is 1.70 bits per heavy atom. The van der Waals surface area contributed by atoms with Gasteiger partial charge in [0.1, 0.15) is 11.2 Å². The van der Waals surface area contributed by atoms with E-state index < -0.39 is 5.60 Å². The minimum absolute atomic E-state index is 0.249. The Morgan fingerprint density at radius 1 is 1.03 bits per heavy atom. The zero-order valence-electron chi connectivity index (χ0n) is 19.8. The van der Waals surface area contributed by atoms with Crippen LogP contribution in [0.4, 0.5) is 16.2 Å². The highest BCUT2D eigenvalue weighted by molar-refractivity contribution is 6.08. The van der Waals surface area contributed by atoms with E-state index in [-0.39, 0.29) is 12.0 Å². The molecule has 3 aromatic rings. The molecular formula is C24H30N6O3. The number of nitrogens with zero attached hydrogens (tertiary/aromatic N) is 5. The number of hydrogen-bond acceptors (Lipinski definition) is 6. The maximum Gasteiger partial charge on any atom is 0.410 e. The first-order chi connectivity index (χ1) is 15.6. The number of amides is 2. The van der Waals surface area contributed by atoms with Crippen molar-refractivity contribution in [2.24, 2.45) is 0 Å². The predicted octanol–water partition coefficient (Wildman–Crippen LogP) is 3.66. The normalized spacial score (nSPS) is 14.5. The van der Waals surface area contributed by atoms with Gasteiger partial charge in [-0.2, -0.15) is 5.10 Å². The van der Waals surface area contributed by atoms with Crippen molar-refractivity contribution in [1.82, 2.24) is 19.5 Å². The summed E-state index contributed by atoms with van der Waals surface area (Å²) < 4.78 is 7.13. The Hall–Kier alpha value is -3.62. The summed E-state index contributed by atoms with van der Waals surface area (Å²) in [6.45, 7) is 12.1. The quantitative estimate of drug-likeness (QED) is 0.655. The number of benzene rings is 1. The monoisotopic (exact) mass is 450 g/mol. The number of carbonyl (C=O) groups excluding carboxylic acids is 2. The summed E-state index contributed by atoms with van der Waals surface area (Å²) in [7, 11) is 0. The van der Waals surface area contributed by atoms with Crippen molar-refractivity contribution in [3.63, 3.8) is 0 Å². The third kappa shape index (κ3) is 5.08. The van der Waals surface area contributed by atoms with E-state index in [1.54, 1.807) is 15.6 Å². The topological polar surface area (TPSA) is 92.1 Å². The van der Waals surface area contributed by atoms with Gasteiger partial charge in [-0.3, -0.25) is 4.79 Å². The molecule has 2 amide bonds. The minimum atomic E-state index is -0.494. The first-order valence-corrected chi connectivity index (χ1v) is 11.1. The van der Waals surface area contributed by atoms with Crippen molar-refractivity contribution in [3.05, 3.63) is 53.5 Å². The highest BCUT2D eigenvalue weighted by atomic mass is 16.6. The van der Waals surface area contributed by atoms with Gasteiger partial charge >= 0.3 is 6.09 Å². The molecule has 2 aromatic heterocycles. The molecule has 1 aliphatic rings. The molecule has 0 saturated carbocycles. The van der Waals surface area contributed by atoms with Crippen LogP contribution in [0.15, 0.2) is 36.5 Å². The van der Waals surface area contributed by atoms with Crippen LogP contribution in [0.25, 0.3) is 5.65 Å². The van der Waals surface area contributed by atoms with Crippen molar-refractivity contribution >= 4 is 29.0 Å². The average Bonchev–Trinajstić information content (AvgIpc) is 3.17. The maximum absolute atomic E-state index is 12.8. The van der Waals surface area contributed by atoms with Crippen LogP contribution in [0.1, 0.15) is 42.5 Å². The van der Waals surface area contributed by atoms with Crippen LogP contribution in [-0.2, 0) is 4.74 Å². The lowest BCUT2D eigenvalue weighted by atomic mass is 10.2. The second-order valence-electron chi connectivity index (χ2n) is 9.29. The minimum Gasteiger partial charge on any atom is -0.444 e. The van der Waals surface area contributed by atoms with Crippen LogP contribution < -0.4 is 10.2 Å². The molecule has 1 aliphatic heterocycles. The first kappa shape index (κ1) is 22.6. The van der Waals surface area contributed by atoms with Gasteiger partial charge in [0.05, 0.1) is 6.20 Å². The van der Waals surface area contributed by atoms with Gasteiger partial charge in [-0.25, -0.2) is 14.3 Å². The standard InChI is InChI=1S/C24H30N6O3/c1-16-14-17(2)30-21(26-16)20(15-25-30)22(31)27-18-6-8-19(9-7-18)28-10-12-29(13-11-28)23(32)33-24(3,4)5/h6-9,14-15H,10-13H2,1-5H3,(H,27,31). The lowest BCUT2D eigenvalue weighted by molar-refractivity contribution is 0.0240. The van der Waals surface area contributed by atoms with Crippen LogP contribution >= 0.6 is 0 Å².